The van der Waals surface area contributed by atoms with Crippen LogP contribution in [-0.4, -0.2) is 37.1 Å². The number of hydrogen-bond acceptors (Lipinski definition) is 2. The standard InChI is InChI=1S/C9H16N2/c1-6-4-11(5-6)9-7-2-10-3-8(7)9/h6-10H,2-5H2,1H3. The van der Waals surface area contributed by atoms with Gasteiger partial charge in [-0.25, -0.2) is 0 Å². The predicted octanol–water partition coefficient (Wildman–Crippen LogP) is 0.156. The van der Waals surface area contributed by atoms with Crippen molar-refractivity contribution in [1.82, 2.24) is 10.2 Å². The molecular weight excluding hydrogens is 136 g/mol. The van der Waals surface area contributed by atoms with Crippen LogP contribution in [0.5, 0.6) is 0 Å². The fourth-order valence-electron chi connectivity index (χ4n) is 2.92. The molecule has 2 heterocycles. The van der Waals surface area contributed by atoms with Gasteiger partial charge in [0.2, 0.25) is 0 Å². The molecule has 0 spiro atoms. The maximum absolute atomic E-state index is 3.44. The summed E-state index contributed by atoms with van der Waals surface area (Å²) in [5, 5.41) is 3.44. The van der Waals surface area contributed by atoms with E-state index in [1.165, 1.54) is 26.2 Å². The first kappa shape index (κ1) is 6.44. The molecule has 11 heavy (non-hydrogen) atoms. The van der Waals surface area contributed by atoms with E-state index >= 15 is 0 Å². The van der Waals surface area contributed by atoms with Crippen LogP contribution in [-0.2, 0) is 0 Å². The summed E-state index contributed by atoms with van der Waals surface area (Å²) in [6, 6.07) is 0.993. The Hall–Kier alpha value is -0.0800. The number of piperidine rings is 1. The van der Waals surface area contributed by atoms with E-state index in [0.717, 1.165) is 23.8 Å². The minimum atomic E-state index is 0.976. The molecule has 0 amide bonds. The summed E-state index contributed by atoms with van der Waals surface area (Å²) in [5.74, 6) is 3.04. The van der Waals surface area contributed by atoms with Gasteiger partial charge in [-0.3, -0.25) is 4.90 Å². The van der Waals surface area contributed by atoms with Gasteiger partial charge in [0.1, 0.15) is 0 Å². The van der Waals surface area contributed by atoms with E-state index < -0.39 is 0 Å². The van der Waals surface area contributed by atoms with Gasteiger partial charge in [-0.15, -0.1) is 0 Å². The second-order valence-corrected chi connectivity index (χ2v) is 4.54. The quantitative estimate of drug-likeness (QED) is 0.575. The van der Waals surface area contributed by atoms with Gasteiger partial charge in [0.05, 0.1) is 0 Å². The number of fused-ring (bicyclic) bond motifs is 1. The molecule has 3 aliphatic rings. The number of rotatable bonds is 1. The largest absolute Gasteiger partial charge is 0.316 e. The topological polar surface area (TPSA) is 15.3 Å². The molecule has 3 fully saturated rings. The van der Waals surface area contributed by atoms with Crippen molar-refractivity contribution in [1.29, 1.82) is 0 Å². The molecule has 1 saturated carbocycles. The zero-order chi connectivity index (χ0) is 7.42. The molecule has 62 valence electrons. The maximum Gasteiger partial charge on any atom is 0.0184 e. The number of nitrogens with one attached hydrogen (secondary N) is 1. The van der Waals surface area contributed by atoms with Crippen LogP contribution in [0, 0.1) is 17.8 Å². The molecule has 0 aromatic rings. The van der Waals surface area contributed by atoms with Crippen molar-refractivity contribution in [2.45, 2.75) is 13.0 Å². The Morgan fingerprint density at radius 1 is 1.18 bits per heavy atom. The molecule has 0 aromatic heterocycles. The SMILES string of the molecule is CC1CN(C2C3CNCC32)C1. The predicted molar refractivity (Wildman–Crippen MR) is 44.4 cm³/mol. The molecule has 2 atom stereocenters. The molecule has 2 unspecified atom stereocenters. The van der Waals surface area contributed by atoms with E-state index in [1.54, 1.807) is 0 Å². The second kappa shape index (κ2) is 1.99. The molecular formula is C9H16N2. The van der Waals surface area contributed by atoms with Crippen LogP contribution in [0.2, 0.25) is 0 Å². The molecule has 0 bridgehead atoms. The van der Waals surface area contributed by atoms with Crippen LogP contribution >= 0.6 is 0 Å². The summed E-state index contributed by atoms with van der Waals surface area (Å²) in [4.78, 5) is 2.68. The Kier molecular flexibility index (Phi) is 1.16. The molecule has 0 aromatic carbocycles. The maximum atomic E-state index is 3.44. The third-order valence-corrected chi connectivity index (χ3v) is 3.56. The summed E-state index contributed by atoms with van der Waals surface area (Å²) in [6.45, 7) is 7.68. The van der Waals surface area contributed by atoms with Crippen molar-refractivity contribution in [3.05, 3.63) is 0 Å². The normalized spacial score (nSPS) is 50.5. The zero-order valence-electron chi connectivity index (χ0n) is 7.09. The van der Waals surface area contributed by atoms with E-state index in [9.17, 15) is 0 Å². The molecule has 1 N–H and O–H groups in total. The summed E-state index contributed by atoms with van der Waals surface area (Å²) in [6.07, 6.45) is 0. The Labute approximate surface area is 68.0 Å². The van der Waals surface area contributed by atoms with Crippen LogP contribution in [0.15, 0.2) is 0 Å². The molecule has 2 aliphatic heterocycles. The van der Waals surface area contributed by atoms with Gasteiger partial charge < -0.3 is 5.32 Å². The Bertz CT molecular complexity index is 164. The average Bonchev–Trinajstić information content (AvgIpc) is 2.42. The first-order valence-electron chi connectivity index (χ1n) is 4.81. The van der Waals surface area contributed by atoms with Crippen molar-refractivity contribution in [2.24, 2.45) is 17.8 Å². The van der Waals surface area contributed by atoms with E-state index in [1.807, 2.05) is 0 Å². The number of hydrogen-bond donors (Lipinski definition) is 1. The fourth-order valence-corrected chi connectivity index (χ4v) is 2.92. The van der Waals surface area contributed by atoms with Crippen LogP contribution in [0.25, 0.3) is 0 Å². The van der Waals surface area contributed by atoms with Crippen LogP contribution in [0.4, 0.5) is 0 Å². The highest BCUT2D eigenvalue weighted by atomic mass is 15.3. The summed E-state index contributed by atoms with van der Waals surface area (Å²) < 4.78 is 0. The molecule has 1 aliphatic carbocycles. The summed E-state index contributed by atoms with van der Waals surface area (Å²) in [5.41, 5.74) is 0. The van der Waals surface area contributed by atoms with Gasteiger partial charge in [0.25, 0.3) is 0 Å². The lowest BCUT2D eigenvalue weighted by Gasteiger charge is -2.38. The summed E-state index contributed by atoms with van der Waals surface area (Å²) in [7, 11) is 0. The lowest BCUT2D eigenvalue weighted by atomic mass is 10.0. The third kappa shape index (κ3) is 0.798. The van der Waals surface area contributed by atoms with Crippen molar-refractivity contribution < 1.29 is 0 Å². The second-order valence-electron chi connectivity index (χ2n) is 4.54. The molecule has 2 nitrogen and oxygen atoms in total. The van der Waals surface area contributed by atoms with Gasteiger partial charge in [-0.1, -0.05) is 6.92 Å². The smallest absolute Gasteiger partial charge is 0.0184 e. The van der Waals surface area contributed by atoms with Crippen molar-refractivity contribution in [3.63, 3.8) is 0 Å². The highest BCUT2D eigenvalue weighted by Gasteiger charge is 2.57. The van der Waals surface area contributed by atoms with E-state index in [0.29, 0.717) is 0 Å². The fraction of sp³-hybridized carbons (Fsp3) is 1.00. The van der Waals surface area contributed by atoms with E-state index in [4.69, 9.17) is 0 Å². The van der Waals surface area contributed by atoms with Crippen LogP contribution in [0.1, 0.15) is 6.92 Å². The van der Waals surface area contributed by atoms with Crippen molar-refractivity contribution >= 4 is 0 Å². The highest BCUT2D eigenvalue weighted by Crippen LogP contribution is 2.47. The van der Waals surface area contributed by atoms with E-state index in [2.05, 4.69) is 17.1 Å². The Morgan fingerprint density at radius 2 is 1.82 bits per heavy atom. The highest BCUT2D eigenvalue weighted by molar-refractivity contribution is 5.11. The van der Waals surface area contributed by atoms with E-state index in [-0.39, 0.29) is 0 Å². The third-order valence-electron chi connectivity index (χ3n) is 3.56. The number of nitrogens with zero attached hydrogens (tertiary/aromatic N) is 1. The molecule has 3 rings (SSSR count). The van der Waals surface area contributed by atoms with Gasteiger partial charge >= 0.3 is 0 Å². The lowest BCUT2D eigenvalue weighted by Crippen LogP contribution is -2.48. The van der Waals surface area contributed by atoms with Crippen molar-refractivity contribution in [3.8, 4) is 0 Å². The van der Waals surface area contributed by atoms with Crippen LogP contribution < -0.4 is 5.32 Å². The first-order chi connectivity index (χ1) is 5.36. The Balaban J connectivity index is 1.59. The number of likely N-dealkylation sites (tertiary alicyclic amines) is 1. The first-order valence-corrected chi connectivity index (χ1v) is 4.81. The van der Waals surface area contributed by atoms with Gasteiger partial charge in [-0.2, -0.15) is 0 Å². The average molecular weight is 152 g/mol. The Morgan fingerprint density at radius 3 is 2.36 bits per heavy atom. The monoisotopic (exact) mass is 152 g/mol. The van der Waals surface area contributed by atoms with Gasteiger partial charge in [0, 0.05) is 19.1 Å². The van der Waals surface area contributed by atoms with Gasteiger partial charge in [0.15, 0.2) is 0 Å². The van der Waals surface area contributed by atoms with Crippen molar-refractivity contribution in [2.75, 3.05) is 26.2 Å². The minimum Gasteiger partial charge on any atom is -0.316 e. The molecule has 2 saturated heterocycles. The molecule has 2 heteroatoms. The minimum absolute atomic E-state index is 0.976. The van der Waals surface area contributed by atoms with Gasteiger partial charge in [-0.05, 0) is 30.8 Å². The lowest BCUT2D eigenvalue weighted by molar-refractivity contribution is 0.0900. The zero-order valence-corrected chi connectivity index (χ0v) is 7.09. The molecule has 0 radical (unpaired) electrons. The van der Waals surface area contributed by atoms with Crippen LogP contribution in [0.3, 0.4) is 0 Å². The summed E-state index contributed by atoms with van der Waals surface area (Å²) >= 11 is 0.